The largest absolute Gasteiger partial charge is 0.315 e. The van der Waals surface area contributed by atoms with E-state index in [0.717, 1.165) is 12.1 Å². The molecule has 0 bridgehead atoms. The second-order valence-corrected chi connectivity index (χ2v) is 3.14. The molecule has 0 aliphatic heterocycles. The van der Waals surface area contributed by atoms with Crippen LogP contribution in [0.15, 0.2) is 18.2 Å². The van der Waals surface area contributed by atoms with Crippen LogP contribution in [0.5, 0.6) is 0 Å². The standard InChI is InChI=1S/C8H5ClF2N2O3/c9-4-1-2-5(6(3-4)13(15)16)12-8(14)7(10)11/h1-3,7H,(H,12,14). The van der Waals surface area contributed by atoms with Crippen LogP contribution in [0.25, 0.3) is 0 Å². The summed E-state index contributed by atoms with van der Waals surface area (Å²) >= 11 is 5.49. The molecule has 86 valence electrons. The quantitative estimate of drug-likeness (QED) is 0.661. The number of nitro groups is 1. The van der Waals surface area contributed by atoms with Gasteiger partial charge in [0.1, 0.15) is 5.69 Å². The Morgan fingerprint density at radius 1 is 1.50 bits per heavy atom. The molecule has 0 aliphatic carbocycles. The van der Waals surface area contributed by atoms with E-state index in [1.165, 1.54) is 6.07 Å². The molecule has 0 saturated heterocycles. The fourth-order valence-corrected chi connectivity index (χ4v) is 1.12. The Hall–Kier alpha value is -1.76. The van der Waals surface area contributed by atoms with Crippen molar-refractivity contribution in [2.24, 2.45) is 0 Å². The lowest BCUT2D eigenvalue weighted by atomic mass is 10.2. The number of anilines is 1. The van der Waals surface area contributed by atoms with Crippen LogP contribution in [0.3, 0.4) is 0 Å². The Morgan fingerprint density at radius 3 is 2.62 bits per heavy atom. The zero-order chi connectivity index (χ0) is 12.3. The van der Waals surface area contributed by atoms with Crippen LogP contribution in [-0.2, 0) is 4.79 Å². The summed E-state index contributed by atoms with van der Waals surface area (Å²) in [4.78, 5) is 20.4. The Balaban J connectivity index is 3.04. The van der Waals surface area contributed by atoms with Crippen molar-refractivity contribution in [3.8, 4) is 0 Å². The summed E-state index contributed by atoms with van der Waals surface area (Å²) in [6.07, 6.45) is -3.24. The van der Waals surface area contributed by atoms with Crippen molar-refractivity contribution in [1.29, 1.82) is 0 Å². The maximum atomic E-state index is 11.9. The highest BCUT2D eigenvalue weighted by Gasteiger charge is 2.21. The molecular weight excluding hydrogens is 246 g/mol. The van der Waals surface area contributed by atoms with E-state index < -0.39 is 22.9 Å². The van der Waals surface area contributed by atoms with Crippen molar-refractivity contribution in [2.45, 2.75) is 6.43 Å². The van der Waals surface area contributed by atoms with Gasteiger partial charge in [0.05, 0.1) is 4.92 Å². The minimum absolute atomic E-state index is 0.0711. The molecule has 5 nitrogen and oxygen atoms in total. The molecule has 1 aromatic rings. The molecule has 8 heteroatoms. The van der Waals surface area contributed by atoms with Crippen molar-refractivity contribution >= 4 is 28.9 Å². The lowest BCUT2D eigenvalue weighted by molar-refractivity contribution is -0.383. The number of alkyl halides is 2. The predicted molar refractivity (Wildman–Crippen MR) is 52.7 cm³/mol. The van der Waals surface area contributed by atoms with Gasteiger partial charge in [-0.3, -0.25) is 14.9 Å². The van der Waals surface area contributed by atoms with Gasteiger partial charge >= 0.3 is 6.43 Å². The van der Waals surface area contributed by atoms with Gasteiger partial charge in [0.25, 0.3) is 11.6 Å². The smallest absolute Gasteiger partial charge is 0.315 e. The number of hydrogen-bond acceptors (Lipinski definition) is 3. The van der Waals surface area contributed by atoms with Gasteiger partial charge in [-0.1, -0.05) is 11.6 Å². The molecule has 1 N–H and O–H groups in total. The lowest BCUT2D eigenvalue weighted by Crippen LogP contribution is -2.20. The summed E-state index contributed by atoms with van der Waals surface area (Å²) < 4.78 is 23.8. The van der Waals surface area contributed by atoms with E-state index in [4.69, 9.17) is 11.6 Å². The zero-order valence-corrected chi connectivity index (χ0v) is 8.37. The van der Waals surface area contributed by atoms with Crippen molar-refractivity contribution in [3.63, 3.8) is 0 Å². The second-order valence-electron chi connectivity index (χ2n) is 2.71. The Labute approximate surface area is 93.2 Å². The van der Waals surface area contributed by atoms with Gasteiger partial charge in [0.15, 0.2) is 0 Å². The number of rotatable bonds is 3. The summed E-state index contributed by atoms with van der Waals surface area (Å²) in [7, 11) is 0. The van der Waals surface area contributed by atoms with Crippen LogP contribution in [0, 0.1) is 10.1 Å². The van der Waals surface area contributed by atoms with Crippen LogP contribution in [0.1, 0.15) is 0 Å². The highest BCUT2D eigenvalue weighted by atomic mass is 35.5. The highest BCUT2D eigenvalue weighted by Crippen LogP contribution is 2.27. The fraction of sp³-hybridized carbons (Fsp3) is 0.125. The molecule has 1 aromatic carbocycles. The third-order valence-corrected chi connectivity index (χ3v) is 1.85. The van der Waals surface area contributed by atoms with Gasteiger partial charge in [-0.25, -0.2) is 0 Å². The maximum Gasteiger partial charge on any atom is 0.315 e. The number of carbonyl (C=O) groups excluding carboxylic acids is 1. The Bertz CT molecular complexity index is 439. The number of nitrogens with one attached hydrogen (secondary N) is 1. The fourth-order valence-electron chi connectivity index (χ4n) is 0.949. The van der Waals surface area contributed by atoms with E-state index in [-0.39, 0.29) is 10.7 Å². The first-order chi connectivity index (χ1) is 7.41. The lowest BCUT2D eigenvalue weighted by Gasteiger charge is -2.05. The number of nitro benzene ring substituents is 1. The second kappa shape index (κ2) is 4.84. The van der Waals surface area contributed by atoms with Crippen molar-refractivity contribution in [2.75, 3.05) is 5.32 Å². The van der Waals surface area contributed by atoms with E-state index in [2.05, 4.69) is 0 Å². The monoisotopic (exact) mass is 250 g/mol. The molecule has 0 atom stereocenters. The average molecular weight is 251 g/mol. The minimum atomic E-state index is -3.24. The van der Waals surface area contributed by atoms with Crippen molar-refractivity contribution < 1.29 is 18.5 Å². The third-order valence-electron chi connectivity index (χ3n) is 1.61. The van der Waals surface area contributed by atoms with Gasteiger partial charge in [0.2, 0.25) is 0 Å². The molecule has 1 amide bonds. The summed E-state index contributed by atoms with van der Waals surface area (Å²) in [5.74, 6) is -1.61. The summed E-state index contributed by atoms with van der Waals surface area (Å²) in [5, 5.41) is 12.3. The van der Waals surface area contributed by atoms with Crippen molar-refractivity contribution in [3.05, 3.63) is 33.3 Å². The molecule has 0 aromatic heterocycles. The first kappa shape index (κ1) is 12.3. The summed E-state index contributed by atoms with van der Waals surface area (Å²) in [5.41, 5.74) is -0.860. The third kappa shape index (κ3) is 2.86. The Morgan fingerprint density at radius 2 is 2.12 bits per heavy atom. The maximum absolute atomic E-state index is 11.9. The molecule has 0 saturated carbocycles. The molecule has 0 spiro atoms. The molecule has 1 rings (SSSR count). The SMILES string of the molecule is O=C(Nc1ccc(Cl)cc1[N+](=O)[O-])C(F)F. The van der Waals surface area contributed by atoms with Crippen LogP contribution in [0.2, 0.25) is 5.02 Å². The van der Waals surface area contributed by atoms with Crippen LogP contribution in [-0.4, -0.2) is 17.3 Å². The van der Waals surface area contributed by atoms with Crippen molar-refractivity contribution in [1.82, 2.24) is 0 Å². The van der Waals surface area contributed by atoms with Gasteiger partial charge in [-0.15, -0.1) is 0 Å². The number of benzene rings is 1. The predicted octanol–water partition coefficient (Wildman–Crippen LogP) is 2.45. The highest BCUT2D eigenvalue weighted by molar-refractivity contribution is 6.31. The minimum Gasteiger partial charge on any atom is -0.315 e. The summed E-state index contributed by atoms with van der Waals surface area (Å²) in [6, 6.07) is 3.29. The first-order valence-electron chi connectivity index (χ1n) is 3.95. The normalized spacial score (nSPS) is 10.2. The van der Waals surface area contributed by atoms with Crippen LogP contribution >= 0.6 is 11.6 Å². The van der Waals surface area contributed by atoms with E-state index >= 15 is 0 Å². The number of carbonyl (C=O) groups is 1. The number of nitrogens with zero attached hydrogens (tertiary/aromatic N) is 1. The molecule has 0 unspecified atom stereocenters. The first-order valence-corrected chi connectivity index (χ1v) is 4.32. The molecule has 0 aliphatic rings. The topological polar surface area (TPSA) is 72.2 Å². The van der Waals surface area contributed by atoms with Gasteiger partial charge in [-0.05, 0) is 12.1 Å². The summed E-state index contributed by atoms with van der Waals surface area (Å²) in [6.45, 7) is 0. The van der Waals surface area contributed by atoms with Gasteiger partial charge < -0.3 is 5.32 Å². The number of hydrogen-bond donors (Lipinski definition) is 1. The Kier molecular flexibility index (Phi) is 3.73. The van der Waals surface area contributed by atoms with E-state index in [1.54, 1.807) is 5.32 Å². The van der Waals surface area contributed by atoms with Crippen LogP contribution < -0.4 is 5.32 Å². The zero-order valence-electron chi connectivity index (χ0n) is 7.62. The molecule has 0 fully saturated rings. The van der Waals surface area contributed by atoms with Gasteiger partial charge in [0, 0.05) is 11.1 Å². The molecule has 0 heterocycles. The number of amides is 1. The van der Waals surface area contributed by atoms with Gasteiger partial charge in [-0.2, -0.15) is 8.78 Å². The molecule has 0 radical (unpaired) electrons. The molecule has 16 heavy (non-hydrogen) atoms. The van der Waals surface area contributed by atoms with E-state index in [1.807, 2.05) is 0 Å². The molecular formula is C8H5ClF2N2O3. The van der Waals surface area contributed by atoms with Crippen LogP contribution in [0.4, 0.5) is 20.2 Å². The average Bonchev–Trinajstić information content (AvgIpc) is 2.20. The van der Waals surface area contributed by atoms with E-state index in [0.29, 0.717) is 0 Å². The van der Waals surface area contributed by atoms with E-state index in [9.17, 15) is 23.7 Å². The number of halogens is 3.